The first-order chi connectivity index (χ1) is 14.7. The van der Waals surface area contributed by atoms with E-state index in [2.05, 4.69) is 42.5 Å². The number of carbonyl (C=O) groups is 2. The van der Waals surface area contributed by atoms with Gasteiger partial charge in [0, 0.05) is 50.9 Å². The fourth-order valence-electron chi connectivity index (χ4n) is 5.34. The van der Waals surface area contributed by atoms with Gasteiger partial charge in [0.15, 0.2) is 0 Å². The second-order valence-electron chi connectivity index (χ2n) is 10.2. The molecule has 2 fully saturated rings. The normalized spacial score (nSPS) is 25.0. The lowest BCUT2D eigenvalue weighted by Gasteiger charge is -2.56. The average Bonchev–Trinajstić information content (AvgIpc) is 2.76. The van der Waals surface area contributed by atoms with Gasteiger partial charge in [0.2, 0.25) is 11.7 Å². The maximum absolute atomic E-state index is 13.9. The standard InChI is InChI=1S/C25H40N4O2/c1-6-22(30)29-14-11-25(19-24(29,4)5,23(31)21-9-7-8-12-26-21)28-17-15-27(16-18-28)13-10-20(2)3/h7-9,12,20H,6,10-11,13-19H2,1-5H3. The Morgan fingerprint density at radius 1 is 1.10 bits per heavy atom. The fourth-order valence-corrected chi connectivity index (χ4v) is 5.34. The number of hydrogen-bond donors (Lipinski definition) is 0. The number of piperazine rings is 1. The number of aromatic nitrogens is 1. The van der Waals surface area contributed by atoms with Crippen LogP contribution < -0.4 is 0 Å². The van der Waals surface area contributed by atoms with E-state index >= 15 is 0 Å². The number of nitrogens with zero attached hydrogens (tertiary/aromatic N) is 4. The Hall–Kier alpha value is -1.79. The Balaban J connectivity index is 1.85. The highest BCUT2D eigenvalue weighted by Crippen LogP contribution is 2.41. The molecule has 3 rings (SSSR count). The van der Waals surface area contributed by atoms with E-state index in [0.717, 1.165) is 32.7 Å². The summed E-state index contributed by atoms with van der Waals surface area (Å²) < 4.78 is 0. The summed E-state index contributed by atoms with van der Waals surface area (Å²) in [6.45, 7) is 16.2. The minimum Gasteiger partial charge on any atom is -0.337 e. The molecule has 1 aromatic heterocycles. The van der Waals surface area contributed by atoms with Gasteiger partial charge in [-0.05, 0) is 57.7 Å². The Bertz CT molecular complexity index is 756. The molecular formula is C25H40N4O2. The quantitative estimate of drug-likeness (QED) is 0.623. The van der Waals surface area contributed by atoms with E-state index in [1.165, 1.54) is 6.42 Å². The van der Waals surface area contributed by atoms with Gasteiger partial charge in [-0.3, -0.25) is 19.5 Å². The molecule has 0 saturated carbocycles. The number of hydrogen-bond acceptors (Lipinski definition) is 5. The number of amides is 1. The third kappa shape index (κ3) is 5.17. The first-order valence-electron chi connectivity index (χ1n) is 11.9. The molecule has 6 heteroatoms. The monoisotopic (exact) mass is 428 g/mol. The largest absolute Gasteiger partial charge is 0.337 e. The van der Waals surface area contributed by atoms with Crippen molar-refractivity contribution < 1.29 is 9.59 Å². The summed E-state index contributed by atoms with van der Waals surface area (Å²) in [5.74, 6) is 0.985. The molecule has 0 bridgehead atoms. The number of rotatable bonds is 7. The molecule has 1 amide bonds. The van der Waals surface area contributed by atoms with Crippen LogP contribution in [0.1, 0.15) is 70.8 Å². The van der Waals surface area contributed by atoms with Gasteiger partial charge < -0.3 is 9.80 Å². The SMILES string of the molecule is CCC(=O)N1CCC(C(=O)c2ccccn2)(N2CCN(CCC(C)C)CC2)CC1(C)C. The van der Waals surface area contributed by atoms with Gasteiger partial charge in [-0.2, -0.15) is 0 Å². The molecule has 1 atom stereocenters. The average molecular weight is 429 g/mol. The summed E-state index contributed by atoms with van der Waals surface area (Å²) in [4.78, 5) is 37.8. The van der Waals surface area contributed by atoms with E-state index < -0.39 is 5.54 Å². The molecule has 6 nitrogen and oxygen atoms in total. The van der Waals surface area contributed by atoms with Crippen molar-refractivity contribution in [3.63, 3.8) is 0 Å². The van der Waals surface area contributed by atoms with Crippen LogP contribution in [-0.2, 0) is 4.79 Å². The Kier molecular flexibility index (Phi) is 7.53. The molecule has 172 valence electrons. The first kappa shape index (κ1) is 23.9. The van der Waals surface area contributed by atoms with Crippen molar-refractivity contribution in [1.29, 1.82) is 0 Å². The van der Waals surface area contributed by atoms with Gasteiger partial charge in [-0.1, -0.05) is 26.8 Å². The van der Waals surface area contributed by atoms with Crippen LogP contribution in [0.4, 0.5) is 0 Å². The highest BCUT2D eigenvalue weighted by Gasteiger charge is 2.53. The van der Waals surface area contributed by atoms with Gasteiger partial charge in [-0.25, -0.2) is 0 Å². The molecule has 0 spiro atoms. The molecule has 3 heterocycles. The molecule has 1 aromatic rings. The maximum atomic E-state index is 13.9. The van der Waals surface area contributed by atoms with E-state index in [4.69, 9.17) is 0 Å². The van der Waals surface area contributed by atoms with Crippen LogP contribution in [0.5, 0.6) is 0 Å². The zero-order valence-electron chi connectivity index (χ0n) is 20.1. The highest BCUT2D eigenvalue weighted by atomic mass is 16.2. The number of pyridine rings is 1. The first-order valence-corrected chi connectivity index (χ1v) is 11.9. The predicted octanol–water partition coefficient (Wildman–Crippen LogP) is 3.48. The summed E-state index contributed by atoms with van der Waals surface area (Å²) in [5, 5.41) is 0. The Morgan fingerprint density at radius 2 is 1.81 bits per heavy atom. The number of ketones is 1. The molecular weight excluding hydrogens is 388 g/mol. The summed E-state index contributed by atoms with van der Waals surface area (Å²) in [5.41, 5.74) is -0.437. The predicted molar refractivity (Wildman–Crippen MR) is 124 cm³/mol. The van der Waals surface area contributed by atoms with Crippen molar-refractivity contribution >= 4 is 11.7 Å². The zero-order chi connectivity index (χ0) is 22.6. The van der Waals surface area contributed by atoms with Crippen molar-refractivity contribution in [1.82, 2.24) is 19.7 Å². The fraction of sp³-hybridized carbons (Fsp3) is 0.720. The van der Waals surface area contributed by atoms with Gasteiger partial charge in [0.25, 0.3) is 0 Å². The van der Waals surface area contributed by atoms with Crippen molar-refractivity contribution in [2.24, 2.45) is 5.92 Å². The summed E-state index contributed by atoms with van der Waals surface area (Å²) >= 11 is 0. The van der Waals surface area contributed by atoms with Gasteiger partial charge in [0.05, 0.1) is 5.54 Å². The second kappa shape index (κ2) is 9.78. The van der Waals surface area contributed by atoms with Gasteiger partial charge >= 0.3 is 0 Å². The van der Waals surface area contributed by atoms with Gasteiger partial charge in [0.1, 0.15) is 5.69 Å². The number of likely N-dealkylation sites (tertiary alicyclic amines) is 1. The Morgan fingerprint density at radius 3 is 2.35 bits per heavy atom. The molecule has 0 aliphatic carbocycles. The summed E-state index contributed by atoms with van der Waals surface area (Å²) in [7, 11) is 0. The third-order valence-electron chi connectivity index (χ3n) is 7.13. The van der Waals surface area contributed by atoms with Crippen LogP contribution in [0.3, 0.4) is 0 Å². The van der Waals surface area contributed by atoms with Crippen LogP contribution >= 0.6 is 0 Å². The van der Waals surface area contributed by atoms with E-state index in [1.54, 1.807) is 6.20 Å². The van der Waals surface area contributed by atoms with Crippen molar-refractivity contribution in [2.75, 3.05) is 39.3 Å². The molecule has 0 N–H and O–H groups in total. The number of carbonyl (C=O) groups excluding carboxylic acids is 2. The number of piperidine rings is 1. The van der Waals surface area contributed by atoms with Gasteiger partial charge in [-0.15, -0.1) is 0 Å². The molecule has 2 aliphatic heterocycles. The van der Waals surface area contributed by atoms with Crippen molar-refractivity contribution in [3.05, 3.63) is 30.1 Å². The van der Waals surface area contributed by atoms with E-state index in [9.17, 15) is 9.59 Å². The minimum absolute atomic E-state index is 0.111. The topological polar surface area (TPSA) is 56.8 Å². The highest BCUT2D eigenvalue weighted by molar-refractivity contribution is 6.02. The van der Waals surface area contributed by atoms with E-state index in [1.807, 2.05) is 30.0 Å². The smallest absolute Gasteiger partial charge is 0.222 e. The van der Waals surface area contributed by atoms with Crippen molar-refractivity contribution in [2.45, 2.75) is 71.4 Å². The van der Waals surface area contributed by atoms with Crippen LogP contribution in [0.15, 0.2) is 24.4 Å². The van der Waals surface area contributed by atoms with Crippen molar-refractivity contribution in [3.8, 4) is 0 Å². The van der Waals surface area contributed by atoms with Crippen LogP contribution in [-0.4, -0.2) is 81.7 Å². The summed E-state index contributed by atoms with van der Waals surface area (Å²) in [6, 6.07) is 5.57. The third-order valence-corrected chi connectivity index (χ3v) is 7.13. The van der Waals surface area contributed by atoms with E-state index in [-0.39, 0.29) is 17.2 Å². The molecule has 0 aromatic carbocycles. The van der Waals surface area contributed by atoms with Crippen LogP contribution in [0.25, 0.3) is 0 Å². The lowest BCUT2D eigenvalue weighted by Crippen LogP contribution is -2.69. The molecule has 0 radical (unpaired) electrons. The molecule has 31 heavy (non-hydrogen) atoms. The summed E-state index contributed by atoms with van der Waals surface area (Å²) in [6.07, 6.45) is 4.72. The molecule has 2 saturated heterocycles. The van der Waals surface area contributed by atoms with Crippen LogP contribution in [0, 0.1) is 5.92 Å². The lowest BCUT2D eigenvalue weighted by atomic mass is 9.72. The zero-order valence-corrected chi connectivity index (χ0v) is 20.1. The lowest BCUT2D eigenvalue weighted by molar-refractivity contribution is -0.142. The minimum atomic E-state index is -0.605. The molecule has 1 unspecified atom stereocenters. The Labute approximate surface area is 188 Å². The second-order valence-corrected chi connectivity index (χ2v) is 10.2. The maximum Gasteiger partial charge on any atom is 0.222 e. The number of Topliss-reactive ketones (excluding diaryl/α,β-unsaturated/α-hetero) is 1. The van der Waals surface area contributed by atoms with E-state index in [0.29, 0.717) is 37.4 Å². The van der Waals surface area contributed by atoms with Crippen LogP contribution in [0.2, 0.25) is 0 Å². The molecule has 2 aliphatic rings.